The predicted molar refractivity (Wildman–Crippen MR) is 98.8 cm³/mol. The van der Waals surface area contributed by atoms with Crippen molar-refractivity contribution in [3.8, 4) is 5.75 Å². The number of phenols is 1. The zero-order chi connectivity index (χ0) is 17.3. The van der Waals surface area contributed by atoms with Gasteiger partial charge in [0.1, 0.15) is 11.6 Å². The number of rotatable bonds is 4. The van der Waals surface area contributed by atoms with Crippen LogP contribution in [-0.2, 0) is 0 Å². The Morgan fingerprint density at radius 1 is 1.09 bits per heavy atom. The average Bonchev–Trinajstić information content (AvgIpc) is 2.46. The first-order chi connectivity index (χ1) is 10.7. The molecule has 0 saturated heterocycles. The average molecular weight is 426 g/mol. The van der Waals surface area contributed by atoms with Crippen molar-refractivity contribution in [3.05, 3.63) is 62.0 Å². The number of carbonyl (C=O) groups excluding carboxylic acids is 1. The van der Waals surface area contributed by atoms with Gasteiger partial charge in [0, 0.05) is 9.13 Å². The molecule has 2 aromatic carbocycles. The second kappa shape index (κ2) is 6.99. The summed E-state index contributed by atoms with van der Waals surface area (Å²) in [5.41, 5.74) is 1.93. The van der Waals surface area contributed by atoms with Gasteiger partial charge in [0.25, 0.3) is 0 Å². The molecule has 23 heavy (non-hydrogen) atoms. The Morgan fingerprint density at radius 2 is 1.61 bits per heavy atom. The third-order valence-electron chi connectivity index (χ3n) is 3.86. The Labute approximate surface area is 149 Å². The molecule has 0 bridgehead atoms. The SMILES string of the molecule is CC(C)c1cc(C(=O)c2c(F)cccc2I)cc(C(C)C)c1O. The first kappa shape index (κ1) is 17.9. The van der Waals surface area contributed by atoms with Crippen molar-refractivity contribution in [2.45, 2.75) is 39.5 Å². The molecule has 0 aliphatic heterocycles. The van der Waals surface area contributed by atoms with Gasteiger partial charge in [-0.3, -0.25) is 4.79 Å². The minimum atomic E-state index is -0.521. The Morgan fingerprint density at radius 3 is 2.04 bits per heavy atom. The van der Waals surface area contributed by atoms with Crippen LogP contribution >= 0.6 is 22.6 Å². The van der Waals surface area contributed by atoms with Gasteiger partial charge in [-0.15, -0.1) is 0 Å². The Balaban J connectivity index is 2.66. The molecule has 0 amide bonds. The Bertz CT molecular complexity index is 702. The summed E-state index contributed by atoms with van der Waals surface area (Å²) in [4.78, 5) is 12.8. The van der Waals surface area contributed by atoms with Crippen LogP contribution in [0.15, 0.2) is 30.3 Å². The molecule has 0 heterocycles. The van der Waals surface area contributed by atoms with Gasteiger partial charge >= 0.3 is 0 Å². The lowest BCUT2D eigenvalue weighted by molar-refractivity contribution is 0.103. The fourth-order valence-electron chi connectivity index (χ4n) is 2.55. The number of ketones is 1. The van der Waals surface area contributed by atoms with Gasteiger partial charge < -0.3 is 5.11 Å². The summed E-state index contributed by atoms with van der Waals surface area (Å²) in [5.74, 6) is -0.502. The van der Waals surface area contributed by atoms with E-state index in [1.54, 1.807) is 24.3 Å². The zero-order valence-corrected chi connectivity index (χ0v) is 15.8. The van der Waals surface area contributed by atoms with Crippen LogP contribution in [-0.4, -0.2) is 10.9 Å². The molecule has 0 fully saturated rings. The van der Waals surface area contributed by atoms with E-state index >= 15 is 0 Å². The second-order valence-electron chi connectivity index (χ2n) is 6.24. The fourth-order valence-corrected chi connectivity index (χ4v) is 3.26. The fraction of sp³-hybridized carbons (Fsp3) is 0.316. The lowest BCUT2D eigenvalue weighted by Gasteiger charge is -2.17. The van der Waals surface area contributed by atoms with Crippen molar-refractivity contribution in [2.24, 2.45) is 0 Å². The van der Waals surface area contributed by atoms with Crippen molar-refractivity contribution >= 4 is 28.4 Å². The van der Waals surface area contributed by atoms with Gasteiger partial charge in [0.15, 0.2) is 5.78 Å². The molecule has 0 aliphatic rings. The smallest absolute Gasteiger partial charge is 0.197 e. The van der Waals surface area contributed by atoms with Crippen molar-refractivity contribution < 1.29 is 14.3 Å². The molecular weight excluding hydrogens is 406 g/mol. The summed E-state index contributed by atoms with van der Waals surface area (Å²) in [7, 11) is 0. The van der Waals surface area contributed by atoms with Crippen molar-refractivity contribution in [3.63, 3.8) is 0 Å². The number of hydrogen-bond donors (Lipinski definition) is 1. The van der Waals surface area contributed by atoms with E-state index in [1.807, 2.05) is 50.3 Å². The molecule has 2 nitrogen and oxygen atoms in total. The highest BCUT2D eigenvalue weighted by Crippen LogP contribution is 2.35. The molecule has 0 atom stereocenters. The van der Waals surface area contributed by atoms with Gasteiger partial charge in [-0.2, -0.15) is 0 Å². The van der Waals surface area contributed by atoms with E-state index in [0.29, 0.717) is 20.3 Å². The molecule has 0 unspecified atom stereocenters. The van der Waals surface area contributed by atoms with Crippen LogP contribution in [0.4, 0.5) is 4.39 Å². The quantitative estimate of drug-likeness (QED) is 0.510. The molecule has 122 valence electrons. The molecule has 1 N–H and O–H groups in total. The summed E-state index contributed by atoms with van der Waals surface area (Å²) in [6.45, 7) is 7.83. The topological polar surface area (TPSA) is 37.3 Å². The van der Waals surface area contributed by atoms with E-state index < -0.39 is 5.82 Å². The number of halogens is 2. The third-order valence-corrected chi connectivity index (χ3v) is 4.76. The standard InChI is InChI=1S/C19H20FIO2/c1-10(2)13-8-12(9-14(11(3)4)19(13)23)18(22)17-15(20)6-5-7-16(17)21/h5-11,23H,1-4H3. The number of carbonyl (C=O) groups is 1. The van der Waals surface area contributed by atoms with Crippen LogP contribution in [0.3, 0.4) is 0 Å². The lowest BCUT2D eigenvalue weighted by Crippen LogP contribution is -2.09. The van der Waals surface area contributed by atoms with Crippen molar-refractivity contribution in [1.82, 2.24) is 0 Å². The molecule has 2 aromatic rings. The Hall–Kier alpha value is -1.43. The van der Waals surface area contributed by atoms with Crippen LogP contribution < -0.4 is 0 Å². The monoisotopic (exact) mass is 426 g/mol. The molecular formula is C19H20FIO2. The van der Waals surface area contributed by atoms with E-state index in [0.717, 1.165) is 0 Å². The summed E-state index contributed by atoms with van der Waals surface area (Å²) >= 11 is 1.97. The molecule has 0 radical (unpaired) electrons. The second-order valence-corrected chi connectivity index (χ2v) is 7.40. The van der Waals surface area contributed by atoms with Gasteiger partial charge in [-0.25, -0.2) is 4.39 Å². The summed E-state index contributed by atoms with van der Waals surface area (Å²) in [6.07, 6.45) is 0. The van der Waals surface area contributed by atoms with Gasteiger partial charge in [0.2, 0.25) is 0 Å². The summed E-state index contributed by atoms with van der Waals surface area (Å²) < 4.78 is 14.7. The maximum absolute atomic E-state index is 14.1. The summed E-state index contributed by atoms with van der Waals surface area (Å²) in [5, 5.41) is 10.4. The maximum Gasteiger partial charge on any atom is 0.197 e. The molecule has 0 aliphatic carbocycles. The number of hydrogen-bond acceptors (Lipinski definition) is 2. The highest BCUT2D eigenvalue weighted by Gasteiger charge is 2.22. The predicted octanol–water partition coefficient (Wildman–Crippen LogP) is 5.61. The van der Waals surface area contributed by atoms with Crippen molar-refractivity contribution in [1.29, 1.82) is 0 Å². The highest BCUT2D eigenvalue weighted by atomic mass is 127. The van der Waals surface area contributed by atoms with Crippen LogP contribution in [0.25, 0.3) is 0 Å². The third kappa shape index (κ3) is 3.57. The van der Waals surface area contributed by atoms with Gasteiger partial charge in [-0.05, 0) is 69.8 Å². The number of aromatic hydroxyl groups is 1. The number of benzene rings is 2. The van der Waals surface area contributed by atoms with Crippen LogP contribution in [0, 0.1) is 9.39 Å². The van der Waals surface area contributed by atoms with Crippen molar-refractivity contribution in [2.75, 3.05) is 0 Å². The maximum atomic E-state index is 14.1. The minimum absolute atomic E-state index is 0.0694. The van der Waals surface area contributed by atoms with Crippen LogP contribution in [0.1, 0.15) is 66.6 Å². The lowest BCUT2D eigenvalue weighted by atomic mass is 9.89. The Kier molecular flexibility index (Phi) is 5.45. The number of phenolic OH excluding ortho intramolecular Hbond substituents is 1. The van der Waals surface area contributed by atoms with E-state index in [-0.39, 0.29) is 28.9 Å². The van der Waals surface area contributed by atoms with E-state index in [4.69, 9.17) is 0 Å². The first-order valence-corrected chi connectivity index (χ1v) is 8.67. The molecule has 2 rings (SSSR count). The molecule has 0 saturated carbocycles. The molecule has 4 heteroatoms. The van der Waals surface area contributed by atoms with Crippen LogP contribution in [0.2, 0.25) is 0 Å². The first-order valence-electron chi connectivity index (χ1n) is 7.59. The molecule has 0 spiro atoms. The van der Waals surface area contributed by atoms with E-state index in [9.17, 15) is 14.3 Å². The van der Waals surface area contributed by atoms with Gasteiger partial charge in [-0.1, -0.05) is 33.8 Å². The highest BCUT2D eigenvalue weighted by molar-refractivity contribution is 14.1. The van der Waals surface area contributed by atoms with Gasteiger partial charge in [0.05, 0.1) is 5.56 Å². The van der Waals surface area contributed by atoms with Crippen LogP contribution in [0.5, 0.6) is 5.75 Å². The summed E-state index contributed by atoms with van der Waals surface area (Å²) in [6, 6.07) is 7.95. The zero-order valence-electron chi connectivity index (χ0n) is 13.7. The van der Waals surface area contributed by atoms with E-state index in [1.165, 1.54) is 6.07 Å². The normalized spacial score (nSPS) is 11.3. The largest absolute Gasteiger partial charge is 0.507 e. The minimum Gasteiger partial charge on any atom is -0.507 e. The van der Waals surface area contributed by atoms with E-state index in [2.05, 4.69) is 0 Å². The molecule has 0 aromatic heterocycles.